The Labute approximate surface area is 184 Å². The van der Waals surface area contributed by atoms with Gasteiger partial charge in [-0.25, -0.2) is 9.18 Å². The van der Waals surface area contributed by atoms with E-state index in [-0.39, 0.29) is 18.8 Å². The van der Waals surface area contributed by atoms with Gasteiger partial charge in [-0.05, 0) is 48.4 Å². The number of nitrogens with one attached hydrogen (secondary N) is 1. The van der Waals surface area contributed by atoms with Gasteiger partial charge in [-0.15, -0.1) is 0 Å². The first-order valence-corrected chi connectivity index (χ1v) is 10.4. The van der Waals surface area contributed by atoms with Gasteiger partial charge in [0.05, 0.1) is 17.8 Å². The van der Waals surface area contributed by atoms with Gasteiger partial charge in [0.25, 0.3) is 0 Å². The van der Waals surface area contributed by atoms with Crippen LogP contribution in [0.2, 0.25) is 0 Å². The molecule has 0 fully saturated rings. The van der Waals surface area contributed by atoms with Gasteiger partial charge >= 0.3 is 12.2 Å². The van der Waals surface area contributed by atoms with Crippen molar-refractivity contribution < 1.29 is 22.4 Å². The third kappa shape index (κ3) is 6.12. The number of urea groups is 1. The zero-order valence-electron chi connectivity index (χ0n) is 17.7. The number of nitrogens with zero attached hydrogens (tertiary/aromatic N) is 2. The molecule has 2 aromatic carbocycles. The number of rotatable bonds is 8. The molecule has 0 aliphatic rings. The number of para-hydroxylation sites is 1. The molecule has 170 valence electrons. The monoisotopic (exact) mass is 447 g/mol. The van der Waals surface area contributed by atoms with Crippen LogP contribution in [0.4, 0.5) is 28.0 Å². The van der Waals surface area contributed by atoms with Crippen LogP contribution in [0.15, 0.2) is 66.9 Å². The minimum atomic E-state index is -4.41. The number of amides is 2. The molecule has 3 aromatic rings. The minimum Gasteiger partial charge on any atom is -0.345 e. The Bertz CT molecular complexity index is 1050. The van der Waals surface area contributed by atoms with Gasteiger partial charge in [-0.2, -0.15) is 13.2 Å². The molecule has 0 saturated heterocycles. The fourth-order valence-corrected chi connectivity index (χ4v) is 3.34. The van der Waals surface area contributed by atoms with Crippen LogP contribution in [0.3, 0.4) is 0 Å². The lowest BCUT2D eigenvalue weighted by Gasteiger charge is -2.24. The molecule has 2 amide bonds. The first-order valence-electron chi connectivity index (χ1n) is 10.4. The Balaban J connectivity index is 1.76. The summed E-state index contributed by atoms with van der Waals surface area (Å²) in [6, 6.07) is 14.3. The van der Waals surface area contributed by atoms with E-state index >= 15 is 0 Å². The van der Waals surface area contributed by atoms with Crippen molar-refractivity contribution in [2.24, 2.45) is 0 Å². The number of carbonyl (C=O) groups excluding carboxylic acids is 1. The van der Waals surface area contributed by atoms with Gasteiger partial charge in [-0.1, -0.05) is 37.6 Å². The van der Waals surface area contributed by atoms with Crippen molar-refractivity contribution in [1.82, 2.24) is 9.47 Å². The van der Waals surface area contributed by atoms with E-state index < -0.39 is 23.6 Å². The zero-order valence-corrected chi connectivity index (χ0v) is 17.7. The Hall–Kier alpha value is -3.29. The fourth-order valence-electron chi connectivity index (χ4n) is 3.34. The van der Waals surface area contributed by atoms with Crippen molar-refractivity contribution >= 4 is 11.7 Å². The Morgan fingerprint density at radius 1 is 1.06 bits per heavy atom. The molecular weight excluding hydrogens is 422 g/mol. The third-order valence-corrected chi connectivity index (χ3v) is 5.07. The SMILES string of the molecule is CCCCN(Cc1cccn1Cc1cccc(C(F)(F)F)c1)C(=O)Nc1ccccc1F. The molecule has 0 aliphatic heterocycles. The van der Waals surface area contributed by atoms with Crippen molar-refractivity contribution in [1.29, 1.82) is 0 Å². The summed E-state index contributed by atoms with van der Waals surface area (Å²) < 4.78 is 54.8. The van der Waals surface area contributed by atoms with E-state index in [2.05, 4.69) is 5.32 Å². The van der Waals surface area contributed by atoms with Crippen molar-refractivity contribution in [2.45, 2.75) is 39.0 Å². The highest BCUT2D eigenvalue weighted by atomic mass is 19.4. The predicted molar refractivity (Wildman–Crippen MR) is 116 cm³/mol. The molecule has 0 aliphatic carbocycles. The number of anilines is 1. The Morgan fingerprint density at radius 3 is 2.56 bits per heavy atom. The van der Waals surface area contributed by atoms with Crippen molar-refractivity contribution in [3.63, 3.8) is 0 Å². The summed E-state index contributed by atoms with van der Waals surface area (Å²) in [7, 11) is 0. The molecule has 0 unspecified atom stereocenters. The quantitative estimate of drug-likeness (QED) is 0.392. The number of alkyl halides is 3. The lowest BCUT2D eigenvalue weighted by atomic mass is 10.1. The molecule has 0 atom stereocenters. The molecule has 0 bridgehead atoms. The van der Waals surface area contributed by atoms with Gasteiger partial charge in [-0.3, -0.25) is 0 Å². The predicted octanol–water partition coefficient (Wildman–Crippen LogP) is 6.53. The van der Waals surface area contributed by atoms with Crippen LogP contribution < -0.4 is 5.32 Å². The summed E-state index contributed by atoms with van der Waals surface area (Å²) >= 11 is 0. The van der Waals surface area contributed by atoms with E-state index in [4.69, 9.17) is 0 Å². The van der Waals surface area contributed by atoms with Gasteiger partial charge in [0, 0.05) is 25.0 Å². The van der Waals surface area contributed by atoms with Crippen molar-refractivity contribution in [3.05, 3.63) is 89.5 Å². The molecule has 3 rings (SSSR count). The maximum atomic E-state index is 13.9. The second kappa shape index (κ2) is 10.3. The second-order valence-corrected chi connectivity index (χ2v) is 7.51. The van der Waals surface area contributed by atoms with Gasteiger partial charge in [0.1, 0.15) is 5.82 Å². The molecule has 8 heteroatoms. The zero-order chi connectivity index (χ0) is 23.1. The average molecular weight is 447 g/mol. The molecule has 1 heterocycles. The first kappa shape index (κ1) is 23.4. The molecule has 4 nitrogen and oxygen atoms in total. The van der Waals surface area contributed by atoms with Crippen LogP contribution >= 0.6 is 0 Å². The highest BCUT2D eigenvalue weighted by Crippen LogP contribution is 2.29. The topological polar surface area (TPSA) is 37.3 Å². The molecule has 32 heavy (non-hydrogen) atoms. The van der Waals surface area contributed by atoms with Crippen molar-refractivity contribution in [2.75, 3.05) is 11.9 Å². The van der Waals surface area contributed by atoms with E-state index in [1.807, 2.05) is 17.6 Å². The summed E-state index contributed by atoms with van der Waals surface area (Å²) in [6.45, 7) is 2.95. The van der Waals surface area contributed by atoms with Crippen LogP contribution in [0.1, 0.15) is 36.6 Å². The lowest BCUT2D eigenvalue weighted by Crippen LogP contribution is -2.36. The number of unbranched alkanes of at least 4 members (excludes halogenated alkanes) is 1. The average Bonchev–Trinajstić information content (AvgIpc) is 3.18. The Kier molecular flexibility index (Phi) is 7.56. The summed E-state index contributed by atoms with van der Waals surface area (Å²) in [6.07, 6.45) is -1.01. The van der Waals surface area contributed by atoms with Crippen LogP contribution in [-0.4, -0.2) is 22.0 Å². The summed E-state index contributed by atoms with van der Waals surface area (Å²) in [4.78, 5) is 14.4. The number of hydrogen-bond donors (Lipinski definition) is 1. The standard InChI is InChI=1S/C24H25F4N3O/c1-2-3-13-31(23(32)29-22-12-5-4-11-21(22)25)17-20-10-7-14-30(20)16-18-8-6-9-19(15-18)24(26,27)28/h4-12,14-15H,2-3,13,16-17H2,1H3,(H,29,32). The van der Waals surface area contributed by atoms with E-state index in [1.165, 1.54) is 18.2 Å². The van der Waals surface area contributed by atoms with Gasteiger partial charge in [0.2, 0.25) is 0 Å². The number of benzene rings is 2. The van der Waals surface area contributed by atoms with Crippen LogP contribution in [0, 0.1) is 5.82 Å². The van der Waals surface area contributed by atoms with E-state index in [0.29, 0.717) is 12.1 Å². The van der Waals surface area contributed by atoms with Crippen LogP contribution in [0.5, 0.6) is 0 Å². The number of hydrogen-bond acceptors (Lipinski definition) is 1. The highest BCUT2D eigenvalue weighted by molar-refractivity contribution is 5.89. The van der Waals surface area contributed by atoms with Crippen LogP contribution in [-0.2, 0) is 19.3 Å². The Morgan fingerprint density at radius 2 is 1.84 bits per heavy atom. The largest absolute Gasteiger partial charge is 0.416 e. The summed E-state index contributed by atoms with van der Waals surface area (Å²) in [5.41, 5.74) is 0.672. The second-order valence-electron chi connectivity index (χ2n) is 7.51. The molecular formula is C24H25F4N3O. The van der Waals surface area contributed by atoms with Crippen LogP contribution in [0.25, 0.3) is 0 Å². The maximum absolute atomic E-state index is 13.9. The molecule has 0 radical (unpaired) electrons. The number of halogens is 4. The minimum absolute atomic E-state index is 0.0957. The van der Waals surface area contributed by atoms with Crippen molar-refractivity contribution in [3.8, 4) is 0 Å². The smallest absolute Gasteiger partial charge is 0.345 e. The fraction of sp³-hybridized carbons (Fsp3) is 0.292. The summed E-state index contributed by atoms with van der Waals surface area (Å²) in [5, 5.41) is 2.60. The van der Waals surface area contributed by atoms with Gasteiger partial charge < -0.3 is 14.8 Å². The van der Waals surface area contributed by atoms with Gasteiger partial charge in [0.15, 0.2) is 0 Å². The lowest BCUT2D eigenvalue weighted by molar-refractivity contribution is -0.137. The van der Waals surface area contributed by atoms with E-state index in [9.17, 15) is 22.4 Å². The molecule has 0 saturated carbocycles. The van der Waals surface area contributed by atoms with E-state index in [1.54, 1.807) is 35.4 Å². The first-order chi connectivity index (χ1) is 15.3. The summed E-state index contributed by atoms with van der Waals surface area (Å²) in [5.74, 6) is -0.524. The number of aromatic nitrogens is 1. The molecule has 1 aromatic heterocycles. The third-order valence-electron chi connectivity index (χ3n) is 5.07. The maximum Gasteiger partial charge on any atom is 0.416 e. The molecule has 0 spiro atoms. The van der Waals surface area contributed by atoms with E-state index in [0.717, 1.165) is 30.7 Å². The highest BCUT2D eigenvalue weighted by Gasteiger charge is 2.30. The number of carbonyl (C=O) groups is 1. The molecule has 1 N–H and O–H groups in total. The normalized spacial score (nSPS) is 11.4.